The Hall–Kier alpha value is -3.36. The minimum absolute atomic E-state index is 0.0764. The van der Waals surface area contributed by atoms with E-state index in [4.69, 9.17) is 11.6 Å². The summed E-state index contributed by atoms with van der Waals surface area (Å²) in [6, 6.07) is 19.6. The number of hydrogen-bond acceptors (Lipinski definition) is 4. The summed E-state index contributed by atoms with van der Waals surface area (Å²) in [5, 5.41) is 3.45. The highest BCUT2D eigenvalue weighted by Gasteiger charge is 2.34. The summed E-state index contributed by atoms with van der Waals surface area (Å²) in [7, 11) is -4.10. The first-order chi connectivity index (χ1) is 18.4. The van der Waals surface area contributed by atoms with Crippen molar-refractivity contribution in [2.24, 2.45) is 0 Å². The molecule has 7 nitrogen and oxygen atoms in total. The smallest absolute Gasteiger partial charge is 0.264 e. The van der Waals surface area contributed by atoms with Gasteiger partial charge in [0.25, 0.3) is 10.0 Å². The van der Waals surface area contributed by atoms with Gasteiger partial charge in [-0.25, -0.2) is 8.42 Å². The molecule has 0 radical (unpaired) electrons. The van der Waals surface area contributed by atoms with E-state index < -0.39 is 28.5 Å². The minimum Gasteiger partial charge on any atom is -0.352 e. The summed E-state index contributed by atoms with van der Waals surface area (Å²) in [5.74, 6) is -0.782. The van der Waals surface area contributed by atoms with Crippen molar-refractivity contribution >= 4 is 39.1 Å². The van der Waals surface area contributed by atoms with Gasteiger partial charge in [0.1, 0.15) is 12.6 Å². The number of nitrogens with one attached hydrogen (secondary N) is 1. The van der Waals surface area contributed by atoms with Crippen LogP contribution in [0.4, 0.5) is 5.69 Å². The molecule has 0 aliphatic carbocycles. The van der Waals surface area contributed by atoms with E-state index in [1.807, 2.05) is 46.8 Å². The van der Waals surface area contributed by atoms with Crippen LogP contribution in [-0.2, 0) is 26.2 Å². The van der Waals surface area contributed by atoms with E-state index in [9.17, 15) is 18.0 Å². The van der Waals surface area contributed by atoms with Crippen LogP contribution >= 0.6 is 11.6 Å². The molecule has 0 aliphatic heterocycles. The lowest BCUT2D eigenvalue weighted by Crippen LogP contribution is -2.53. The zero-order chi connectivity index (χ0) is 28.7. The predicted octanol–water partition coefficient (Wildman–Crippen LogP) is 5.48. The Kier molecular flexibility index (Phi) is 10.2. The number of hydrogen-bond donors (Lipinski definition) is 1. The Morgan fingerprint density at radius 2 is 1.59 bits per heavy atom. The molecular formula is C30H36ClN3O4S. The van der Waals surface area contributed by atoms with Crippen LogP contribution in [0.25, 0.3) is 0 Å². The van der Waals surface area contributed by atoms with E-state index in [0.29, 0.717) is 22.7 Å². The van der Waals surface area contributed by atoms with Crippen LogP contribution in [0, 0.1) is 13.8 Å². The molecule has 39 heavy (non-hydrogen) atoms. The monoisotopic (exact) mass is 569 g/mol. The maximum Gasteiger partial charge on any atom is 0.264 e. The van der Waals surface area contributed by atoms with Gasteiger partial charge < -0.3 is 10.2 Å². The van der Waals surface area contributed by atoms with Crippen LogP contribution in [0.5, 0.6) is 0 Å². The third-order valence-corrected chi connectivity index (χ3v) is 8.35. The molecule has 1 atom stereocenters. The number of aryl methyl sites for hydroxylation is 2. The van der Waals surface area contributed by atoms with Crippen LogP contribution < -0.4 is 9.62 Å². The summed E-state index contributed by atoms with van der Waals surface area (Å²) >= 11 is 6.06. The van der Waals surface area contributed by atoms with E-state index in [2.05, 4.69) is 5.32 Å². The van der Waals surface area contributed by atoms with Gasteiger partial charge in [-0.3, -0.25) is 13.9 Å². The van der Waals surface area contributed by atoms with Gasteiger partial charge in [0.05, 0.1) is 10.6 Å². The Bertz CT molecular complexity index is 1390. The lowest BCUT2D eigenvalue weighted by molar-refractivity contribution is -0.140. The van der Waals surface area contributed by atoms with E-state index in [0.717, 1.165) is 15.4 Å². The van der Waals surface area contributed by atoms with Gasteiger partial charge in [0.15, 0.2) is 0 Å². The van der Waals surface area contributed by atoms with Gasteiger partial charge in [0, 0.05) is 17.6 Å². The molecular weight excluding hydrogens is 534 g/mol. The highest BCUT2D eigenvalue weighted by atomic mass is 35.5. The average molecular weight is 570 g/mol. The van der Waals surface area contributed by atoms with E-state index in [1.165, 1.54) is 17.0 Å². The Morgan fingerprint density at radius 1 is 0.949 bits per heavy atom. The zero-order valence-corrected chi connectivity index (χ0v) is 24.6. The zero-order valence-electron chi connectivity index (χ0n) is 23.0. The van der Waals surface area contributed by atoms with Crippen molar-refractivity contribution in [3.63, 3.8) is 0 Å². The lowest BCUT2D eigenvalue weighted by Gasteiger charge is -2.34. The van der Waals surface area contributed by atoms with Crippen molar-refractivity contribution in [1.82, 2.24) is 10.2 Å². The maximum absolute atomic E-state index is 14.1. The number of rotatable bonds is 11. The number of halogens is 1. The number of carbonyl (C=O) groups excluding carboxylic acids is 2. The lowest BCUT2D eigenvalue weighted by atomic mass is 10.1. The number of carbonyl (C=O) groups is 2. The third kappa shape index (κ3) is 7.61. The molecule has 2 amide bonds. The predicted molar refractivity (Wildman–Crippen MR) is 156 cm³/mol. The standard InChI is InChI=1S/C30H36ClN3O4S/c1-6-27(30(36)32-21(2)3)33(19-24-14-16-25(31)17-15-24)29(35)20-34(28-18-22(4)12-13-23(28)5)39(37,38)26-10-8-7-9-11-26/h7-18,21,27H,6,19-20H2,1-5H3,(H,32,36)/t27-/m0/s1. The number of anilines is 1. The number of benzene rings is 3. The molecule has 0 aliphatic rings. The van der Waals surface area contributed by atoms with Crippen LogP contribution in [0.3, 0.4) is 0 Å². The topological polar surface area (TPSA) is 86.8 Å². The molecule has 1 N–H and O–H groups in total. The molecule has 0 saturated carbocycles. The van der Waals surface area contributed by atoms with Gasteiger partial charge in [-0.2, -0.15) is 0 Å². The fourth-order valence-electron chi connectivity index (χ4n) is 4.31. The van der Waals surface area contributed by atoms with Gasteiger partial charge in [0.2, 0.25) is 11.8 Å². The first kappa shape index (κ1) is 30.2. The summed E-state index contributed by atoms with van der Waals surface area (Å²) in [6.45, 7) is 8.86. The highest BCUT2D eigenvalue weighted by Crippen LogP contribution is 2.28. The molecule has 0 spiro atoms. The molecule has 208 valence electrons. The van der Waals surface area contributed by atoms with Gasteiger partial charge in [-0.1, -0.05) is 61.0 Å². The van der Waals surface area contributed by atoms with E-state index in [-0.39, 0.29) is 23.4 Å². The van der Waals surface area contributed by atoms with Gasteiger partial charge >= 0.3 is 0 Å². The van der Waals surface area contributed by atoms with Crippen molar-refractivity contribution in [1.29, 1.82) is 0 Å². The number of sulfonamides is 1. The molecule has 0 heterocycles. The van der Waals surface area contributed by atoms with Crippen molar-refractivity contribution in [3.8, 4) is 0 Å². The molecule has 0 fully saturated rings. The summed E-state index contributed by atoms with van der Waals surface area (Å²) in [5.41, 5.74) is 2.75. The largest absolute Gasteiger partial charge is 0.352 e. The Morgan fingerprint density at radius 3 is 2.18 bits per heavy atom. The fraction of sp³-hybridized carbons (Fsp3) is 0.333. The van der Waals surface area contributed by atoms with E-state index in [1.54, 1.807) is 48.5 Å². The van der Waals surface area contributed by atoms with Crippen molar-refractivity contribution in [3.05, 3.63) is 94.5 Å². The first-order valence-electron chi connectivity index (χ1n) is 12.9. The van der Waals surface area contributed by atoms with E-state index >= 15 is 0 Å². The summed E-state index contributed by atoms with van der Waals surface area (Å²) < 4.78 is 29.0. The highest BCUT2D eigenvalue weighted by molar-refractivity contribution is 7.92. The maximum atomic E-state index is 14.1. The summed E-state index contributed by atoms with van der Waals surface area (Å²) in [6.07, 6.45) is 0.354. The molecule has 3 aromatic rings. The van der Waals surface area contributed by atoms with Crippen molar-refractivity contribution in [2.75, 3.05) is 10.8 Å². The first-order valence-corrected chi connectivity index (χ1v) is 14.7. The molecule has 3 aromatic carbocycles. The molecule has 0 aromatic heterocycles. The van der Waals surface area contributed by atoms with Gasteiger partial charge in [-0.05, 0) is 81.1 Å². The Balaban J connectivity index is 2.09. The van der Waals surface area contributed by atoms with Crippen molar-refractivity contribution < 1.29 is 18.0 Å². The van der Waals surface area contributed by atoms with Crippen LogP contribution in [0.15, 0.2) is 77.7 Å². The second kappa shape index (κ2) is 13.1. The average Bonchev–Trinajstić information content (AvgIpc) is 2.89. The fourth-order valence-corrected chi connectivity index (χ4v) is 5.93. The minimum atomic E-state index is -4.10. The van der Waals surface area contributed by atoms with Crippen LogP contribution in [0.2, 0.25) is 5.02 Å². The number of amides is 2. The molecule has 9 heteroatoms. The van der Waals surface area contributed by atoms with Crippen LogP contribution in [0.1, 0.15) is 43.9 Å². The second-order valence-corrected chi connectivity index (χ2v) is 12.1. The quantitative estimate of drug-likeness (QED) is 0.331. The molecule has 0 unspecified atom stereocenters. The van der Waals surface area contributed by atoms with Crippen LogP contribution in [-0.4, -0.2) is 43.8 Å². The molecule has 0 saturated heterocycles. The normalized spacial score (nSPS) is 12.2. The SMILES string of the molecule is CC[C@@H](C(=O)NC(C)C)N(Cc1ccc(Cl)cc1)C(=O)CN(c1cc(C)ccc1C)S(=O)(=O)c1ccccc1. The Labute approximate surface area is 236 Å². The number of nitrogens with zero attached hydrogens (tertiary/aromatic N) is 2. The van der Waals surface area contributed by atoms with Gasteiger partial charge in [-0.15, -0.1) is 0 Å². The summed E-state index contributed by atoms with van der Waals surface area (Å²) in [4.78, 5) is 28.8. The molecule has 3 rings (SSSR count). The third-order valence-electron chi connectivity index (χ3n) is 6.33. The van der Waals surface area contributed by atoms with Crippen molar-refractivity contribution in [2.45, 2.75) is 64.6 Å². The second-order valence-electron chi connectivity index (χ2n) is 9.85. The molecule has 0 bridgehead atoms.